The number of piperidine rings is 1. The zero-order valence-electron chi connectivity index (χ0n) is 17.7. The monoisotopic (exact) mass is 492 g/mol. The minimum atomic E-state index is -0.950. The van der Waals surface area contributed by atoms with Gasteiger partial charge in [0.15, 0.2) is 0 Å². The number of halogens is 1. The van der Waals surface area contributed by atoms with E-state index in [2.05, 4.69) is 21.2 Å². The van der Waals surface area contributed by atoms with Gasteiger partial charge in [-0.15, -0.1) is 0 Å². The predicted octanol–water partition coefficient (Wildman–Crippen LogP) is 3.98. The lowest BCUT2D eigenvalue weighted by atomic mass is 10.0. The summed E-state index contributed by atoms with van der Waals surface area (Å²) in [7, 11) is 0. The molecule has 1 unspecified atom stereocenters. The van der Waals surface area contributed by atoms with Crippen molar-refractivity contribution in [2.45, 2.75) is 70.3 Å². The van der Waals surface area contributed by atoms with E-state index < -0.39 is 23.8 Å². The van der Waals surface area contributed by atoms with E-state index in [-0.39, 0.29) is 29.9 Å². The van der Waals surface area contributed by atoms with E-state index in [9.17, 15) is 19.2 Å². The highest BCUT2D eigenvalue weighted by atomic mass is 79.9. The molecule has 0 radical (unpaired) electrons. The Morgan fingerprint density at radius 1 is 0.903 bits per heavy atom. The minimum absolute atomic E-state index is 0.106. The molecule has 0 aliphatic carbocycles. The molecule has 0 spiro atoms. The van der Waals surface area contributed by atoms with Gasteiger partial charge in [-0.3, -0.25) is 29.4 Å². The van der Waals surface area contributed by atoms with Crippen LogP contribution in [0.15, 0.2) is 18.2 Å². The zero-order chi connectivity index (χ0) is 22.2. The van der Waals surface area contributed by atoms with Crippen molar-refractivity contribution in [1.82, 2.24) is 10.2 Å². The Morgan fingerprint density at radius 2 is 1.55 bits per heavy atom. The van der Waals surface area contributed by atoms with Crippen molar-refractivity contribution in [1.29, 1.82) is 0 Å². The van der Waals surface area contributed by atoms with Gasteiger partial charge in [-0.2, -0.15) is 0 Å². The van der Waals surface area contributed by atoms with Gasteiger partial charge < -0.3 is 4.74 Å². The Kier molecular flexibility index (Phi) is 8.63. The summed E-state index contributed by atoms with van der Waals surface area (Å²) in [6.07, 6.45) is 9.83. The zero-order valence-corrected chi connectivity index (χ0v) is 19.2. The second-order valence-electron chi connectivity index (χ2n) is 8.02. The largest absolute Gasteiger partial charge is 0.494 e. The third kappa shape index (κ3) is 5.93. The van der Waals surface area contributed by atoms with E-state index in [4.69, 9.17) is 4.74 Å². The molecule has 168 valence electrons. The lowest BCUT2D eigenvalue weighted by Crippen LogP contribution is -2.54. The summed E-state index contributed by atoms with van der Waals surface area (Å²) < 4.78 is 5.78. The number of rotatable bonds is 12. The molecule has 1 aromatic rings. The van der Waals surface area contributed by atoms with Gasteiger partial charge in [0.05, 0.1) is 17.7 Å². The van der Waals surface area contributed by atoms with E-state index in [0.717, 1.165) is 23.1 Å². The highest BCUT2D eigenvalue weighted by molar-refractivity contribution is 9.09. The van der Waals surface area contributed by atoms with Crippen molar-refractivity contribution in [3.63, 3.8) is 0 Å². The smallest absolute Gasteiger partial charge is 0.262 e. The number of nitrogens with one attached hydrogen (secondary N) is 1. The molecule has 31 heavy (non-hydrogen) atoms. The molecule has 0 bridgehead atoms. The number of imide groups is 2. The average Bonchev–Trinajstić information content (AvgIpc) is 2.99. The maximum atomic E-state index is 12.8. The number of hydrogen-bond acceptors (Lipinski definition) is 5. The van der Waals surface area contributed by atoms with Crippen molar-refractivity contribution in [3.05, 3.63) is 29.3 Å². The fourth-order valence-electron chi connectivity index (χ4n) is 3.99. The average molecular weight is 493 g/mol. The summed E-state index contributed by atoms with van der Waals surface area (Å²) in [5, 5.41) is 3.28. The molecule has 1 N–H and O–H groups in total. The quantitative estimate of drug-likeness (QED) is 0.270. The van der Waals surface area contributed by atoms with Crippen molar-refractivity contribution >= 4 is 39.6 Å². The summed E-state index contributed by atoms with van der Waals surface area (Å²) >= 11 is 3.45. The molecule has 1 aromatic carbocycles. The number of benzene rings is 1. The molecule has 2 aliphatic rings. The van der Waals surface area contributed by atoms with Gasteiger partial charge in [0.25, 0.3) is 11.8 Å². The van der Waals surface area contributed by atoms with E-state index in [1.807, 2.05) is 0 Å². The van der Waals surface area contributed by atoms with Crippen LogP contribution in [0.5, 0.6) is 5.75 Å². The first-order chi connectivity index (χ1) is 15.0. The minimum Gasteiger partial charge on any atom is -0.494 e. The molecule has 1 fully saturated rings. The van der Waals surface area contributed by atoms with E-state index in [1.54, 1.807) is 18.2 Å². The first-order valence-corrected chi connectivity index (χ1v) is 12.2. The number of carbonyl (C=O) groups excluding carboxylic acids is 4. The number of amides is 4. The van der Waals surface area contributed by atoms with Crippen LogP contribution in [-0.2, 0) is 9.59 Å². The van der Waals surface area contributed by atoms with Gasteiger partial charge in [-0.1, -0.05) is 54.5 Å². The Bertz CT molecular complexity index is 841. The Labute approximate surface area is 191 Å². The number of hydrogen-bond donors (Lipinski definition) is 1. The van der Waals surface area contributed by atoms with Crippen LogP contribution in [0.3, 0.4) is 0 Å². The number of fused-ring (bicyclic) bond motifs is 1. The molecule has 4 amide bonds. The normalized spacial score (nSPS) is 18.4. The topological polar surface area (TPSA) is 92.8 Å². The molecule has 0 aromatic heterocycles. The van der Waals surface area contributed by atoms with Crippen LogP contribution in [0.25, 0.3) is 0 Å². The van der Waals surface area contributed by atoms with Gasteiger partial charge in [0, 0.05) is 11.8 Å². The molecule has 8 heteroatoms. The first-order valence-electron chi connectivity index (χ1n) is 11.1. The van der Waals surface area contributed by atoms with Crippen molar-refractivity contribution in [2.24, 2.45) is 0 Å². The number of carbonyl (C=O) groups is 4. The summed E-state index contributed by atoms with van der Waals surface area (Å²) in [6.45, 7) is 0.557. The van der Waals surface area contributed by atoms with Crippen LogP contribution in [0, 0.1) is 0 Å². The number of alkyl halides is 1. The Hall–Kier alpha value is -2.22. The second kappa shape index (κ2) is 11.4. The van der Waals surface area contributed by atoms with Gasteiger partial charge in [0.1, 0.15) is 11.8 Å². The summed E-state index contributed by atoms with van der Waals surface area (Å²) in [5.74, 6) is -1.47. The van der Waals surface area contributed by atoms with Crippen LogP contribution in [-0.4, -0.2) is 46.5 Å². The maximum absolute atomic E-state index is 12.8. The Balaban J connectivity index is 1.46. The van der Waals surface area contributed by atoms with Crippen LogP contribution >= 0.6 is 15.9 Å². The van der Waals surface area contributed by atoms with Crippen molar-refractivity contribution in [3.8, 4) is 5.75 Å². The van der Waals surface area contributed by atoms with Crippen LogP contribution in [0.4, 0.5) is 0 Å². The van der Waals surface area contributed by atoms with Gasteiger partial charge in [-0.05, 0) is 37.5 Å². The SMILES string of the molecule is O=C1CCC(N2C(=O)c3ccc(OCCCCCCCCCCBr)cc3C2=O)C(=O)N1. The Morgan fingerprint density at radius 3 is 2.23 bits per heavy atom. The molecule has 7 nitrogen and oxygen atoms in total. The molecular weight excluding hydrogens is 464 g/mol. The predicted molar refractivity (Wildman–Crippen MR) is 119 cm³/mol. The second-order valence-corrected chi connectivity index (χ2v) is 8.81. The first kappa shape index (κ1) is 23.4. The molecule has 2 aliphatic heterocycles. The molecule has 1 atom stereocenters. The van der Waals surface area contributed by atoms with Crippen LogP contribution in [0.1, 0.15) is 84.9 Å². The summed E-state index contributed by atoms with van der Waals surface area (Å²) in [4.78, 5) is 49.9. The van der Waals surface area contributed by atoms with Crippen LogP contribution < -0.4 is 10.1 Å². The van der Waals surface area contributed by atoms with Crippen molar-refractivity contribution < 1.29 is 23.9 Å². The standard InChI is InChI=1S/C23H29BrN2O5/c24-13-7-5-3-1-2-4-6-8-14-31-16-9-10-17-18(15-16)23(30)26(22(17)29)19-11-12-20(27)25-21(19)28/h9-10,15,19H,1-8,11-14H2,(H,25,27,28). The molecule has 0 saturated carbocycles. The fraction of sp³-hybridized carbons (Fsp3) is 0.565. The lowest BCUT2D eigenvalue weighted by Gasteiger charge is -2.27. The van der Waals surface area contributed by atoms with E-state index >= 15 is 0 Å². The molecule has 3 rings (SSSR count). The summed E-state index contributed by atoms with van der Waals surface area (Å²) in [5.41, 5.74) is 0.512. The number of ether oxygens (including phenoxy) is 1. The number of unbranched alkanes of at least 4 members (excludes halogenated alkanes) is 7. The fourth-order valence-corrected chi connectivity index (χ4v) is 4.38. The highest BCUT2D eigenvalue weighted by Gasteiger charge is 2.44. The molecule has 2 heterocycles. The molecular formula is C23H29BrN2O5. The third-order valence-corrected chi connectivity index (χ3v) is 6.27. The summed E-state index contributed by atoms with van der Waals surface area (Å²) in [6, 6.07) is 3.88. The molecule has 1 saturated heterocycles. The van der Waals surface area contributed by atoms with E-state index in [1.165, 1.54) is 38.5 Å². The number of nitrogens with zero attached hydrogens (tertiary/aromatic N) is 1. The lowest BCUT2D eigenvalue weighted by molar-refractivity contribution is -0.136. The third-order valence-electron chi connectivity index (χ3n) is 5.71. The van der Waals surface area contributed by atoms with Gasteiger partial charge in [-0.25, -0.2) is 0 Å². The highest BCUT2D eigenvalue weighted by Crippen LogP contribution is 2.30. The maximum Gasteiger partial charge on any atom is 0.262 e. The van der Waals surface area contributed by atoms with Gasteiger partial charge in [0.2, 0.25) is 11.8 Å². The van der Waals surface area contributed by atoms with Crippen molar-refractivity contribution in [2.75, 3.05) is 11.9 Å². The van der Waals surface area contributed by atoms with Gasteiger partial charge >= 0.3 is 0 Å². The van der Waals surface area contributed by atoms with Crippen LogP contribution in [0.2, 0.25) is 0 Å². The van der Waals surface area contributed by atoms with E-state index in [0.29, 0.717) is 12.4 Å².